The van der Waals surface area contributed by atoms with Crippen LogP contribution in [0.1, 0.15) is 20.9 Å². The van der Waals surface area contributed by atoms with E-state index in [1.807, 2.05) is 67.1 Å². The molecule has 2 amide bonds. The molecule has 164 valence electrons. The lowest BCUT2D eigenvalue weighted by atomic mass is 10.1. The Bertz CT molecular complexity index is 1260. The zero-order valence-electron chi connectivity index (χ0n) is 18.1. The molecular weight excluding hydrogens is 424 g/mol. The Morgan fingerprint density at radius 3 is 2.62 bits per heavy atom. The molecule has 2 heterocycles. The molecule has 0 fully saturated rings. The number of aromatic nitrogens is 2. The Labute approximate surface area is 190 Å². The number of carbonyl (C=O) groups excluding carboxylic acids is 2. The third kappa shape index (κ3) is 4.65. The minimum atomic E-state index is -0.762. The topological polar surface area (TPSA) is 85.2 Å². The van der Waals surface area contributed by atoms with Crippen molar-refractivity contribution in [3.8, 4) is 5.75 Å². The second-order valence-corrected chi connectivity index (χ2v) is 8.73. The van der Waals surface area contributed by atoms with E-state index in [-0.39, 0.29) is 11.8 Å². The first kappa shape index (κ1) is 21.6. The van der Waals surface area contributed by atoms with Crippen LogP contribution < -0.4 is 15.4 Å². The van der Waals surface area contributed by atoms with Crippen LogP contribution in [0.5, 0.6) is 5.75 Å². The molecular formula is C24H24N4O3S. The lowest BCUT2D eigenvalue weighted by molar-refractivity contribution is -0.118. The number of carbonyl (C=O) groups is 2. The highest BCUT2D eigenvalue weighted by atomic mass is 32.1. The largest absolute Gasteiger partial charge is 0.497 e. The second-order valence-electron chi connectivity index (χ2n) is 7.49. The first-order valence-corrected chi connectivity index (χ1v) is 11.0. The van der Waals surface area contributed by atoms with Gasteiger partial charge in [-0.3, -0.25) is 9.59 Å². The third-order valence-corrected chi connectivity index (χ3v) is 6.07. The highest BCUT2D eigenvalue weighted by Crippen LogP contribution is 2.24. The van der Waals surface area contributed by atoms with Gasteiger partial charge in [-0.2, -0.15) is 0 Å². The van der Waals surface area contributed by atoms with E-state index in [1.165, 1.54) is 11.3 Å². The second kappa shape index (κ2) is 9.23. The van der Waals surface area contributed by atoms with Crippen molar-refractivity contribution in [3.63, 3.8) is 0 Å². The summed E-state index contributed by atoms with van der Waals surface area (Å²) in [6, 6.07) is 16.3. The first-order valence-electron chi connectivity index (χ1n) is 10.2. The van der Waals surface area contributed by atoms with Crippen molar-refractivity contribution in [2.24, 2.45) is 7.05 Å². The molecule has 0 saturated carbocycles. The van der Waals surface area contributed by atoms with Crippen molar-refractivity contribution < 1.29 is 14.3 Å². The summed E-state index contributed by atoms with van der Waals surface area (Å²) >= 11 is 1.39. The molecule has 0 saturated heterocycles. The maximum Gasteiger partial charge on any atom is 0.268 e. The van der Waals surface area contributed by atoms with Crippen LogP contribution in [-0.4, -0.2) is 34.5 Å². The molecule has 2 aromatic heterocycles. The first-order chi connectivity index (χ1) is 15.4. The fraction of sp³-hybridized carbons (Fsp3) is 0.208. The number of anilines is 1. The summed E-state index contributed by atoms with van der Waals surface area (Å²) in [4.78, 5) is 31.4. The van der Waals surface area contributed by atoms with Crippen LogP contribution in [0, 0.1) is 6.92 Å². The van der Waals surface area contributed by atoms with Gasteiger partial charge in [0.15, 0.2) is 5.13 Å². The van der Waals surface area contributed by atoms with Gasteiger partial charge in [-0.1, -0.05) is 30.3 Å². The summed E-state index contributed by atoms with van der Waals surface area (Å²) in [5.74, 6) is 0.0844. The van der Waals surface area contributed by atoms with Crippen LogP contribution in [0.3, 0.4) is 0 Å². The lowest BCUT2D eigenvalue weighted by Gasteiger charge is -2.18. The van der Waals surface area contributed by atoms with Crippen molar-refractivity contribution in [1.82, 2.24) is 14.9 Å². The number of fused-ring (bicyclic) bond motifs is 1. The number of thiazole rings is 1. The van der Waals surface area contributed by atoms with Gasteiger partial charge in [0.2, 0.25) is 5.91 Å². The summed E-state index contributed by atoms with van der Waals surface area (Å²) in [7, 11) is 3.43. The summed E-state index contributed by atoms with van der Waals surface area (Å²) in [5.41, 5.74) is 2.31. The van der Waals surface area contributed by atoms with Gasteiger partial charge in [0.1, 0.15) is 17.5 Å². The number of aryl methyl sites for hydroxylation is 2. The van der Waals surface area contributed by atoms with Gasteiger partial charge in [-0.25, -0.2) is 4.98 Å². The zero-order valence-corrected chi connectivity index (χ0v) is 18.9. The van der Waals surface area contributed by atoms with E-state index in [2.05, 4.69) is 15.6 Å². The molecule has 0 aliphatic carbocycles. The third-order valence-electron chi connectivity index (χ3n) is 5.24. The van der Waals surface area contributed by atoms with Crippen LogP contribution in [0.15, 0.2) is 60.8 Å². The summed E-state index contributed by atoms with van der Waals surface area (Å²) in [6.07, 6.45) is 2.06. The molecule has 32 heavy (non-hydrogen) atoms. The molecule has 0 radical (unpaired) electrons. The number of hydrogen-bond acceptors (Lipinski definition) is 5. The van der Waals surface area contributed by atoms with E-state index in [0.29, 0.717) is 17.2 Å². The van der Waals surface area contributed by atoms with Gasteiger partial charge in [0, 0.05) is 35.4 Å². The monoisotopic (exact) mass is 448 g/mol. The molecule has 7 nitrogen and oxygen atoms in total. The number of amides is 2. The van der Waals surface area contributed by atoms with Gasteiger partial charge in [0.05, 0.1) is 7.11 Å². The molecule has 1 atom stereocenters. The standard InChI is InChI=1S/C24H24N4O3S/c1-15-14-25-24(32-15)27-22(29)19(11-16-7-5-4-6-8-16)26-23(30)21-13-17-12-18(31-3)9-10-20(17)28(21)2/h4-10,12-14,19H,11H2,1-3H3,(H,26,30)(H,25,27,29)/t19-/m0/s1. The number of methoxy groups -OCH3 is 1. The molecule has 0 aliphatic rings. The zero-order chi connectivity index (χ0) is 22.7. The Kier molecular flexibility index (Phi) is 6.23. The van der Waals surface area contributed by atoms with Crippen LogP contribution in [0.25, 0.3) is 10.9 Å². The van der Waals surface area contributed by atoms with Crippen molar-refractivity contribution in [2.75, 3.05) is 12.4 Å². The fourth-order valence-corrected chi connectivity index (χ4v) is 4.24. The molecule has 0 aliphatic heterocycles. The van der Waals surface area contributed by atoms with Gasteiger partial charge < -0.3 is 19.9 Å². The van der Waals surface area contributed by atoms with E-state index >= 15 is 0 Å². The van der Waals surface area contributed by atoms with E-state index in [0.717, 1.165) is 27.1 Å². The van der Waals surface area contributed by atoms with Crippen LogP contribution in [-0.2, 0) is 18.3 Å². The fourth-order valence-electron chi connectivity index (χ4n) is 3.57. The van der Waals surface area contributed by atoms with Crippen LogP contribution >= 0.6 is 11.3 Å². The minimum absolute atomic E-state index is 0.308. The molecule has 0 bridgehead atoms. The minimum Gasteiger partial charge on any atom is -0.497 e. The van der Waals surface area contributed by atoms with Crippen molar-refractivity contribution in [3.05, 3.63) is 76.9 Å². The number of ether oxygens (including phenoxy) is 1. The average Bonchev–Trinajstić information content (AvgIpc) is 3.36. The molecule has 8 heteroatoms. The maximum atomic E-state index is 13.2. The average molecular weight is 449 g/mol. The number of rotatable bonds is 7. The molecule has 2 aromatic carbocycles. The highest BCUT2D eigenvalue weighted by Gasteiger charge is 2.24. The van der Waals surface area contributed by atoms with Crippen molar-refractivity contribution in [1.29, 1.82) is 0 Å². The quantitative estimate of drug-likeness (QED) is 0.449. The Morgan fingerprint density at radius 2 is 1.94 bits per heavy atom. The number of nitrogens with one attached hydrogen (secondary N) is 2. The van der Waals surface area contributed by atoms with Gasteiger partial charge in [-0.05, 0) is 36.8 Å². The van der Waals surface area contributed by atoms with Crippen LogP contribution in [0.2, 0.25) is 0 Å². The summed E-state index contributed by atoms with van der Waals surface area (Å²) in [5, 5.41) is 7.14. The number of benzene rings is 2. The molecule has 0 spiro atoms. The lowest BCUT2D eigenvalue weighted by Crippen LogP contribution is -2.45. The summed E-state index contributed by atoms with van der Waals surface area (Å²) < 4.78 is 7.10. The highest BCUT2D eigenvalue weighted by molar-refractivity contribution is 7.15. The number of hydrogen-bond donors (Lipinski definition) is 2. The summed E-state index contributed by atoms with van der Waals surface area (Å²) in [6.45, 7) is 1.92. The SMILES string of the molecule is COc1ccc2c(c1)cc(C(=O)N[C@@H](Cc1ccccc1)C(=O)Nc1ncc(C)s1)n2C. The van der Waals surface area contributed by atoms with Crippen LogP contribution in [0.4, 0.5) is 5.13 Å². The Hall–Kier alpha value is -3.65. The molecule has 4 rings (SSSR count). The van der Waals surface area contributed by atoms with E-state index < -0.39 is 6.04 Å². The predicted molar refractivity (Wildman–Crippen MR) is 126 cm³/mol. The smallest absolute Gasteiger partial charge is 0.268 e. The van der Waals surface area contributed by atoms with E-state index in [1.54, 1.807) is 19.4 Å². The molecule has 2 N–H and O–H groups in total. The van der Waals surface area contributed by atoms with Gasteiger partial charge in [-0.15, -0.1) is 11.3 Å². The Balaban J connectivity index is 1.59. The molecule has 0 unspecified atom stereocenters. The van der Waals surface area contributed by atoms with Gasteiger partial charge >= 0.3 is 0 Å². The normalized spacial score (nSPS) is 11.8. The van der Waals surface area contributed by atoms with Crippen molar-refractivity contribution in [2.45, 2.75) is 19.4 Å². The molecule has 4 aromatic rings. The van der Waals surface area contributed by atoms with Crippen molar-refractivity contribution >= 4 is 39.2 Å². The van der Waals surface area contributed by atoms with E-state index in [4.69, 9.17) is 4.74 Å². The number of nitrogens with zero attached hydrogens (tertiary/aromatic N) is 2. The Morgan fingerprint density at radius 1 is 1.16 bits per heavy atom. The van der Waals surface area contributed by atoms with Gasteiger partial charge in [0.25, 0.3) is 5.91 Å². The predicted octanol–water partition coefficient (Wildman–Crippen LogP) is 3.93. The van der Waals surface area contributed by atoms with E-state index in [9.17, 15) is 9.59 Å². The maximum absolute atomic E-state index is 13.2.